The lowest BCUT2D eigenvalue weighted by Crippen LogP contribution is -2.43. The van der Waals surface area contributed by atoms with Gasteiger partial charge in [-0.15, -0.1) is 0 Å². The molecule has 0 saturated heterocycles. The SMILES string of the molecule is Cc1ccc([N+](=O)[O-])c(OCCC(C)(C#N)NC2CC2)c1. The maximum absolute atomic E-state index is 11.0. The van der Waals surface area contributed by atoms with Gasteiger partial charge < -0.3 is 4.74 Å². The third kappa shape index (κ3) is 4.17. The molecule has 21 heavy (non-hydrogen) atoms. The highest BCUT2D eigenvalue weighted by Crippen LogP contribution is 2.29. The van der Waals surface area contributed by atoms with E-state index in [1.54, 1.807) is 12.1 Å². The molecule has 0 aliphatic heterocycles. The minimum Gasteiger partial charge on any atom is -0.487 e. The predicted molar refractivity (Wildman–Crippen MR) is 78.1 cm³/mol. The van der Waals surface area contributed by atoms with E-state index in [0.29, 0.717) is 12.5 Å². The minimum absolute atomic E-state index is 0.0468. The van der Waals surface area contributed by atoms with Crippen molar-refractivity contribution in [3.05, 3.63) is 33.9 Å². The number of hydrogen-bond acceptors (Lipinski definition) is 5. The number of nitro benzene ring substituents is 1. The van der Waals surface area contributed by atoms with Crippen LogP contribution in [0, 0.1) is 28.4 Å². The Bertz CT molecular complexity index is 578. The Hall–Kier alpha value is -2.13. The fourth-order valence-corrected chi connectivity index (χ4v) is 2.09. The Morgan fingerprint density at radius 3 is 2.86 bits per heavy atom. The van der Waals surface area contributed by atoms with Gasteiger partial charge >= 0.3 is 5.69 Å². The molecule has 6 heteroatoms. The first-order valence-corrected chi connectivity index (χ1v) is 7.00. The molecule has 0 radical (unpaired) electrons. The van der Waals surface area contributed by atoms with E-state index in [4.69, 9.17) is 4.74 Å². The Kier molecular flexibility index (Phi) is 4.43. The molecule has 1 saturated carbocycles. The summed E-state index contributed by atoms with van der Waals surface area (Å²) in [6, 6.07) is 7.45. The van der Waals surface area contributed by atoms with Gasteiger partial charge in [0.1, 0.15) is 5.54 Å². The summed E-state index contributed by atoms with van der Waals surface area (Å²) in [4.78, 5) is 10.5. The maximum Gasteiger partial charge on any atom is 0.310 e. The summed E-state index contributed by atoms with van der Waals surface area (Å²) in [6.07, 6.45) is 2.67. The van der Waals surface area contributed by atoms with E-state index in [2.05, 4.69) is 11.4 Å². The summed E-state index contributed by atoms with van der Waals surface area (Å²) >= 11 is 0. The third-order valence-corrected chi connectivity index (χ3v) is 3.52. The Labute approximate surface area is 123 Å². The van der Waals surface area contributed by atoms with E-state index in [0.717, 1.165) is 18.4 Å². The lowest BCUT2D eigenvalue weighted by molar-refractivity contribution is -0.385. The van der Waals surface area contributed by atoms with Crippen LogP contribution in [0.3, 0.4) is 0 Å². The number of benzene rings is 1. The predicted octanol–water partition coefficient (Wildman–Crippen LogP) is 2.71. The number of nitriles is 1. The van der Waals surface area contributed by atoms with Crippen molar-refractivity contribution in [2.24, 2.45) is 0 Å². The topological polar surface area (TPSA) is 88.2 Å². The van der Waals surface area contributed by atoms with E-state index in [1.807, 2.05) is 13.8 Å². The molecule has 112 valence electrons. The molecule has 0 heterocycles. The monoisotopic (exact) mass is 289 g/mol. The van der Waals surface area contributed by atoms with E-state index in [9.17, 15) is 15.4 Å². The number of aryl methyl sites for hydroxylation is 1. The highest BCUT2D eigenvalue weighted by Gasteiger charge is 2.32. The van der Waals surface area contributed by atoms with Crippen LogP contribution in [0.4, 0.5) is 5.69 Å². The highest BCUT2D eigenvalue weighted by molar-refractivity contribution is 5.48. The summed E-state index contributed by atoms with van der Waals surface area (Å²) in [6.45, 7) is 3.94. The number of rotatable bonds is 7. The van der Waals surface area contributed by atoms with Crippen LogP contribution >= 0.6 is 0 Å². The van der Waals surface area contributed by atoms with Crippen molar-refractivity contribution in [3.8, 4) is 11.8 Å². The Balaban J connectivity index is 1.97. The second-order valence-electron chi connectivity index (χ2n) is 5.69. The second kappa shape index (κ2) is 6.10. The van der Waals surface area contributed by atoms with E-state index in [-0.39, 0.29) is 18.0 Å². The van der Waals surface area contributed by atoms with Crippen molar-refractivity contribution in [2.45, 2.75) is 44.7 Å². The zero-order valence-electron chi connectivity index (χ0n) is 12.3. The summed E-state index contributed by atoms with van der Waals surface area (Å²) in [5, 5.41) is 23.5. The third-order valence-electron chi connectivity index (χ3n) is 3.52. The first-order valence-electron chi connectivity index (χ1n) is 7.00. The zero-order valence-corrected chi connectivity index (χ0v) is 12.3. The Morgan fingerprint density at radius 2 is 2.29 bits per heavy atom. The van der Waals surface area contributed by atoms with Gasteiger partial charge in [-0.3, -0.25) is 15.4 Å². The minimum atomic E-state index is -0.653. The molecule has 1 atom stereocenters. The first kappa shape index (κ1) is 15.3. The van der Waals surface area contributed by atoms with Gasteiger partial charge in [-0.25, -0.2) is 0 Å². The van der Waals surface area contributed by atoms with Gasteiger partial charge in [-0.1, -0.05) is 6.07 Å². The molecule has 1 aliphatic rings. The standard InChI is InChI=1S/C15H19N3O3/c1-11-3-6-13(18(19)20)14(9-11)21-8-7-15(2,10-16)17-12-4-5-12/h3,6,9,12,17H,4-5,7-8H2,1-2H3. The molecule has 1 aromatic carbocycles. The fraction of sp³-hybridized carbons (Fsp3) is 0.533. The lowest BCUT2D eigenvalue weighted by atomic mass is 10.0. The normalized spacial score (nSPS) is 16.8. The fourth-order valence-electron chi connectivity index (χ4n) is 2.09. The van der Waals surface area contributed by atoms with Crippen molar-refractivity contribution >= 4 is 5.69 Å². The number of nitrogens with one attached hydrogen (secondary N) is 1. The number of nitro groups is 1. The number of nitrogens with zero attached hydrogens (tertiary/aromatic N) is 2. The zero-order chi connectivity index (χ0) is 15.5. The van der Waals surface area contributed by atoms with Crippen molar-refractivity contribution in [1.82, 2.24) is 5.32 Å². The van der Waals surface area contributed by atoms with Gasteiger partial charge in [0.2, 0.25) is 0 Å². The molecule has 1 N–H and O–H groups in total. The molecular weight excluding hydrogens is 270 g/mol. The van der Waals surface area contributed by atoms with Crippen molar-refractivity contribution in [1.29, 1.82) is 5.26 Å². The second-order valence-corrected chi connectivity index (χ2v) is 5.69. The number of hydrogen-bond donors (Lipinski definition) is 1. The van der Waals surface area contributed by atoms with Gasteiger partial charge in [0.15, 0.2) is 5.75 Å². The smallest absolute Gasteiger partial charge is 0.310 e. The molecule has 0 amide bonds. The van der Waals surface area contributed by atoms with Gasteiger partial charge in [0.25, 0.3) is 0 Å². The van der Waals surface area contributed by atoms with E-state index in [1.165, 1.54) is 6.07 Å². The van der Waals surface area contributed by atoms with Crippen LogP contribution in [0.5, 0.6) is 5.75 Å². The van der Waals surface area contributed by atoms with Crippen molar-refractivity contribution in [3.63, 3.8) is 0 Å². The lowest BCUT2D eigenvalue weighted by Gasteiger charge is -2.23. The molecule has 1 aromatic rings. The first-order chi connectivity index (χ1) is 9.93. The summed E-state index contributed by atoms with van der Waals surface area (Å²) in [7, 11) is 0. The molecule has 0 aromatic heterocycles. The average molecular weight is 289 g/mol. The van der Waals surface area contributed by atoms with Gasteiger partial charge in [0, 0.05) is 18.5 Å². The summed E-state index contributed by atoms with van der Waals surface area (Å²) < 4.78 is 5.55. The molecule has 6 nitrogen and oxygen atoms in total. The van der Waals surface area contributed by atoms with Crippen LogP contribution in [-0.2, 0) is 0 Å². The number of ether oxygens (including phenoxy) is 1. The van der Waals surface area contributed by atoms with E-state index >= 15 is 0 Å². The summed E-state index contributed by atoms with van der Waals surface area (Å²) in [5.41, 5.74) is 0.198. The highest BCUT2D eigenvalue weighted by atomic mass is 16.6. The van der Waals surface area contributed by atoms with Gasteiger partial charge in [-0.05, 0) is 38.3 Å². The molecule has 0 spiro atoms. The molecule has 1 unspecified atom stereocenters. The molecule has 0 bridgehead atoms. The average Bonchev–Trinajstić information content (AvgIpc) is 3.22. The van der Waals surface area contributed by atoms with Gasteiger partial charge in [0.05, 0.1) is 17.6 Å². The molecule has 2 rings (SSSR count). The van der Waals surface area contributed by atoms with Crippen molar-refractivity contribution < 1.29 is 9.66 Å². The maximum atomic E-state index is 11.0. The van der Waals surface area contributed by atoms with Crippen LogP contribution in [0.25, 0.3) is 0 Å². The van der Waals surface area contributed by atoms with Crippen LogP contribution in [-0.4, -0.2) is 23.1 Å². The van der Waals surface area contributed by atoms with Gasteiger partial charge in [-0.2, -0.15) is 5.26 Å². The van der Waals surface area contributed by atoms with Crippen LogP contribution < -0.4 is 10.1 Å². The quantitative estimate of drug-likeness (QED) is 0.616. The molecular formula is C15H19N3O3. The van der Waals surface area contributed by atoms with Crippen molar-refractivity contribution in [2.75, 3.05) is 6.61 Å². The molecule has 1 aliphatic carbocycles. The molecule has 1 fully saturated rings. The summed E-state index contributed by atoms with van der Waals surface area (Å²) in [5.74, 6) is 0.256. The Morgan fingerprint density at radius 1 is 1.57 bits per heavy atom. The van der Waals surface area contributed by atoms with Crippen LogP contribution in [0.1, 0.15) is 31.7 Å². The largest absolute Gasteiger partial charge is 0.487 e. The van der Waals surface area contributed by atoms with Crippen LogP contribution in [0.15, 0.2) is 18.2 Å². The van der Waals surface area contributed by atoms with E-state index < -0.39 is 10.5 Å². The van der Waals surface area contributed by atoms with Crippen LogP contribution in [0.2, 0.25) is 0 Å².